The molecular formula is C20H25NO3S. The van der Waals surface area contributed by atoms with Gasteiger partial charge in [0.2, 0.25) is 5.91 Å². The van der Waals surface area contributed by atoms with E-state index in [1.165, 1.54) is 23.8 Å². The maximum atomic E-state index is 12.6. The number of ether oxygens (including phenoxy) is 1. The minimum absolute atomic E-state index is 0.198. The Kier molecular flexibility index (Phi) is 6.76. The molecule has 25 heavy (non-hydrogen) atoms. The predicted molar refractivity (Wildman–Crippen MR) is 103 cm³/mol. The fourth-order valence-corrected chi connectivity index (χ4v) is 3.84. The number of carbonyl (C=O) groups is 2. The van der Waals surface area contributed by atoms with Gasteiger partial charge >= 0.3 is 5.97 Å². The highest BCUT2D eigenvalue weighted by molar-refractivity contribution is 7.17. The van der Waals surface area contributed by atoms with E-state index in [0.29, 0.717) is 17.2 Å². The van der Waals surface area contributed by atoms with Crippen LogP contribution in [0.15, 0.2) is 24.3 Å². The second-order valence-corrected chi connectivity index (χ2v) is 7.23. The van der Waals surface area contributed by atoms with Crippen LogP contribution in [0.1, 0.15) is 54.4 Å². The Balaban J connectivity index is 2.49. The number of esters is 1. The zero-order chi connectivity index (χ0) is 18.4. The molecule has 2 aromatic rings. The molecule has 5 heteroatoms. The van der Waals surface area contributed by atoms with Gasteiger partial charge < -0.3 is 10.1 Å². The van der Waals surface area contributed by atoms with Crippen LogP contribution in [0, 0.1) is 6.92 Å². The number of amides is 1. The molecule has 0 spiro atoms. The molecule has 1 amide bonds. The largest absolute Gasteiger partial charge is 0.462 e. The molecule has 0 aliphatic carbocycles. The lowest BCUT2D eigenvalue weighted by Crippen LogP contribution is -2.12. The normalized spacial score (nSPS) is 10.6. The first kappa shape index (κ1) is 19.2. The monoisotopic (exact) mass is 359 g/mol. The van der Waals surface area contributed by atoms with E-state index in [9.17, 15) is 9.59 Å². The van der Waals surface area contributed by atoms with Gasteiger partial charge in [-0.25, -0.2) is 4.79 Å². The van der Waals surface area contributed by atoms with Gasteiger partial charge in [-0.05, 0) is 30.9 Å². The zero-order valence-electron chi connectivity index (χ0n) is 15.3. The molecule has 0 saturated carbocycles. The van der Waals surface area contributed by atoms with Crippen molar-refractivity contribution >= 4 is 28.2 Å². The number of anilines is 1. The second kappa shape index (κ2) is 8.81. The number of nitrogens with one attached hydrogen (secondary N) is 1. The average molecular weight is 359 g/mol. The van der Waals surface area contributed by atoms with Crippen molar-refractivity contribution < 1.29 is 14.3 Å². The van der Waals surface area contributed by atoms with Crippen LogP contribution in [0.5, 0.6) is 0 Å². The van der Waals surface area contributed by atoms with Crippen LogP contribution in [0.2, 0.25) is 0 Å². The highest BCUT2D eigenvalue weighted by atomic mass is 32.1. The van der Waals surface area contributed by atoms with E-state index < -0.39 is 0 Å². The van der Waals surface area contributed by atoms with Crippen LogP contribution in [-0.4, -0.2) is 18.5 Å². The zero-order valence-corrected chi connectivity index (χ0v) is 16.1. The standard InChI is InChI=1S/C20H25NO3S/c1-5-7-15-8-10-16(11-9-15)17-13(3)25-19(21-14(4)22)18(17)20(23)24-12-6-2/h8-11H,5-7,12H2,1-4H3,(H,21,22). The molecule has 1 aromatic heterocycles. The quantitative estimate of drug-likeness (QED) is 0.691. The summed E-state index contributed by atoms with van der Waals surface area (Å²) < 4.78 is 5.35. The fourth-order valence-electron chi connectivity index (χ4n) is 2.73. The molecule has 1 N–H and O–H groups in total. The summed E-state index contributed by atoms with van der Waals surface area (Å²) in [7, 11) is 0. The molecule has 4 nitrogen and oxygen atoms in total. The number of benzene rings is 1. The summed E-state index contributed by atoms with van der Waals surface area (Å²) in [5.41, 5.74) is 3.54. The Labute approximate surface area is 153 Å². The van der Waals surface area contributed by atoms with E-state index in [4.69, 9.17) is 4.74 Å². The first-order valence-electron chi connectivity index (χ1n) is 8.65. The smallest absolute Gasteiger partial charge is 0.341 e. The number of thiophene rings is 1. The lowest BCUT2D eigenvalue weighted by Gasteiger charge is -2.09. The minimum atomic E-state index is -0.386. The maximum Gasteiger partial charge on any atom is 0.341 e. The molecule has 1 aromatic carbocycles. The first-order valence-corrected chi connectivity index (χ1v) is 9.46. The summed E-state index contributed by atoms with van der Waals surface area (Å²) in [6, 6.07) is 8.26. The van der Waals surface area contributed by atoms with Crippen LogP contribution in [0.4, 0.5) is 5.00 Å². The van der Waals surface area contributed by atoms with E-state index in [1.807, 2.05) is 26.0 Å². The molecular weight excluding hydrogens is 334 g/mol. The molecule has 0 bridgehead atoms. The van der Waals surface area contributed by atoms with Crippen LogP contribution in [-0.2, 0) is 16.0 Å². The van der Waals surface area contributed by atoms with Crippen molar-refractivity contribution in [1.29, 1.82) is 0 Å². The lowest BCUT2D eigenvalue weighted by molar-refractivity contribution is -0.114. The minimum Gasteiger partial charge on any atom is -0.462 e. The summed E-state index contributed by atoms with van der Waals surface area (Å²) in [5.74, 6) is -0.585. The van der Waals surface area contributed by atoms with Crippen LogP contribution >= 0.6 is 11.3 Å². The molecule has 0 radical (unpaired) electrons. The van der Waals surface area contributed by atoms with Crippen LogP contribution in [0.25, 0.3) is 11.1 Å². The number of hydrogen-bond donors (Lipinski definition) is 1. The third-order valence-corrected chi connectivity index (χ3v) is 4.82. The van der Waals surface area contributed by atoms with Gasteiger partial charge in [0, 0.05) is 17.4 Å². The van der Waals surface area contributed by atoms with Gasteiger partial charge in [0.15, 0.2) is 0 Å². The van der Waals surface area contributed by atoms with Crippen molar-refractivity contribution in [3.05, 3.63) is 40.3 Å². The number of carbonyl (C=O) groups excluding carboxylic acids is 2. The number of rotatable bonds is 7. The van der Waals surface area contributed by atoms with E-state index in [0.717, 1.165) is 35.3 Å². The first-order chi connectivity index (χ1) is 12.0. The summed E-state index contributed by atoms with van der Waals surface area (Å²) >= 11 is 1.41. The third-order valence-electron chi connectivity index (χ3n) is 3.80. The van der Waals surface area contributed by atoms with Gasteiger partial charge in [-0.1, -0.05) is 44.5 Å². The Hall–Kier alpha value is -2.14. The lowest BCUT2D eigenvalue weighted by atomic mass is 9.99. The van der Waals surface area contributed by atoms with Crippen molar-refractivity contribution in [1.82, 2.24) is 0 Å². The Bertz CT molecular complexity index is 747. The molecule has 2 rings (SSSR count). The van der Waals surface area contributed by atoms with Gasteiger partial charge in [-0.3, -0.25) is 4.79 Å². The van der Waals surface area contributed by atoms with Gasteiger partial charge in [0.1, 0.15) is 10.6 Å². The third kappa shape index (κ3) is 4.69. The van der Waals surface area contributed by atoms with Gasteiger partial charge in [-0.15, -0.1) is 11.3 Å². The number of hydrogen-bond acceptors (Lipinski definition) is 4. The summed E-state index contributed by atoms with van der Waals surface area (Å²) in [6.07, 6.45) is 2.88. The van der Waals surface area contributed by atoms with Crippen LogP contribution < -0.4 is 5.32 Å². The molecule has 0 atom stereocenters. The fraction of sp³-hybridized carbons (Fsp3) is 0.400. The maximum absolute atomic E-state index is 12.6. The second-order valence-electron chi connectivity index (χ2n) is 6.00. The Morgan fingerprint density at radius 3 is 2.36 bits per heavy atom. The predicted octanol–water partition coefficient (Wildman–Crippen LogP) is 5.20. The molecule has 0 saturated heterocycles. The Morgan fingerprint density at radius 2 is 1.80 bits per heavy atom. The summed E-state index contributed by atoms with van der Waals surface area (Å²) in [5, 5.41) is 3.33. The van der Waals surface area contributed by atoms with Crippen molar-refractivity contribution in [2.24, 2.45) is 0 Å². The van der Waals surface area contributed by atoms with E-state index in [2.05, 4.69) is 24.4 Å². The molecule has 0 aliphatic rings. The molecule has 0 fully saturated rings. The highest BCUT2D eigenvalue weighted by Gasteiger charge is 2.25. The van der Waals surface area contributed by atoms with E-state index >= 15 is 0 Å². The van der Waals surface area contributed by atoms with Gasteiger partial charge in [0.05, 0.1) is 6.61 Å². The highest BCUT2D eigenvalue weighted by Crippen LogP contribution is 2.40. The van der Waals surface area contributed by atoms with Crippen molar-refractivity contribution in [2.75, 3.05) is 11.9 Å². The SMILES string of the molecule is CCCOC(=O)c1c(NC(C)=O)sc(C)c1-c1ccc(CCC)cc1. The van der Waals surface area contributed by atoms with Crippen molar-refractivity contribution in [3.63, 3.8) is 0 Å². The number of aryl methyl sites for hydroxylation is 2. The molecule has 0 unspecified atom stereocenters. The van der Waals surface area contributed by atoms with E-state index in [-0.39, 0.29) is 11.9 Å². The van der Waals surface area contributed by atoms with Crippen LogP contribution in [0.3, 0.4) is 0 Å². The van der Waals surface area contributed by atoms with E-state index in [1.54, 1.807) is 0 Å². The summed E-state index contributed by atoms with van der Waals surface area (Å²) in [6.45, 7) is 7.87. The summed E-state index contributed by atoms with van der Waals surface area (Å²) in [4.78, 5) is 25.1. The molecule has 134 valence electrons. The molecule has 0 aliphatic heterocycles. The topological polar surface area (TPSA) is 55.4 Å². The van der Waals surface area contributed by atoms with Gasteiger partial charge in [-0.2, -0.15) is 0 Å². The average Bonchev–Trinajstić information content (AvgIpc) is 2.89. The van der Waals surface area contributed by atoms with Gasteiger partial charge in [0.25, 0.3) is 0 Å². The van der Waals surface area contributed by atoms with Crippen molar-refractivity contribution in [2.45, 2.75) is 47.0 Å². The molecule has 1 heterocycles. The Morgan fingerprint density at radius 1 is 1.12 bits per heavy atom. The van der Waals surface area contributed by atoms with Crippen molar-refractivity contribution in [3.8, 4) is 11.1 Å².